The second-order valence-electron chi connectivity index (χ2n) is 5.02. The Labute approximate surface area is 127 Å². The number of H-pyrrole nitrogens is 1. The van der Waals surface area contributed by atoms with Gasteiger partial charge in [-0.2, -0.15) is 5.10 Å². The van der Waals surface area contributed by atoms with E-state index >= 15 is 0 Å². The highest BCUT2D eigenvalue weighted by molar-refractivity contribution is 5.94. The predicted octanol–water partition coefficient (Wildman–Crippen LogP) is 2.92. The second-order valence-corrected chi connectivity index (χ2v) is 5.02. The first-order chi connectivity index (χ1) is 10.6. The zero-order valence-corrected chi connectivity index (χ0v) is 12.6. The molecular formula is C17H16N2O3. The number of nitrogens with zero attached hydrogens (tertiary/aromatic N) is 1. The van der Waals surface area contributed by atoms with E-state index in [0.717, 1.165) is 16.5 Å². The van der Waals surface area contributed by atoms with Gasteiger partial charge in [0.15, 0.2) is 11.5 Å². The lowest BCUT2D eigenvalue weighted by atomic mass is 10.0. The van der Waals surface area contributed by atoms with Crippen LogP contribution in [0.25, 0.3) is 22.0 Å². The maximum Gasteiger partial charge on any atom is 0.272 e. The van der Waals surface area contributed by atoms with Gasteiger partial charge in [-0.05, 0) is 31.2 Å². The number of ether oxygens (including phenoxy) is 2. The molecule has 0 atom stereocenters. The molecule has 0 unspecified atom stereocenters. The first kappa shape index (κ1) is 14.1. The molecule has 1 heterocycles. The van der Waals surface area contributed by atoms with E-state index in [-0.39, 0.29) is 5.56 Å². The molecule has 0 radical (unpaired) electrons. The summed E-state index contributed by atoms with van der Waals surface area (Å²) in [5, 5.41) is 8.19. The molecule has 112 valence electrons. The van der Waals surface area contributed by atoms with Crippen LogP contribution in [-0.4, -0.2) is 24.4 Å². The summed E-state index contributed by atoms with van der Waals surface area (Å²) in [7, 11) is 3.18. The molecule has 3 aromatic rings. The molecule has 1 N–H and O–H groups in total. The van der Waals surface area contributed by atoms with Crippen LogP contribution in [0, 0.1) is 6.92 Å². The molecule has 0 bridgehead atoms. The number of rotatable bonds is 3. The summed E-state index contributed by atoms with van der Waals surface area (Å²) in [5.74, 6) is 1.27. The van der Waals surface area contributed by atoms with Crippen LogP contribution in [0.2, 0.25) is 0 Å². The van der Waals surface area contributed by atoms with Gasteiger partial charge in [0.25, 0.3) is 5.56 Å². The topological polar surface area (TPSA) is 64.2 Å². The lowest BCUT2D eigenvalue weighted by molar-refractivity contribution is 0.355. The normalized spacial score (nSPS) is 10.7. The first-order valence-corrected chi connectivity index (χ1v) is 6.85. The molecule has 22 heavy (non-hydrogen) atoms. The quantitative estimate of drug-likeness (QED) is 0.807. The highest BCUT2D eigenvalue weighted by atomic mass is 16.5. The average Bonchev–Trinajstić information content (AvgIpc) is 2.55. The highest BCUT2D eigenvalue weighted by Gasteiger charge is 2.12. The van der Waals surface area contributed by atoms with Gasteiger partial charge < -0.3 is 9.47 Å². The van der Waals surface area contributed by atoms with Crippen LogP contribution < -0.4 is 15.0 Å². The maximum atomic E-state index is 12.0. The number of nitrogens with one attached hydrogen (secondary N) is 1. The predicted molar refractivity (Wildman–Crippen MR) is 85.6 cm³/mol. The van der Waals surface area contributed by atoms with E-state index < -0.39 is 0 Å². The molecule has 0 aliphatic carbocycles. The number of aromatic amines is 1. The Morgan fingerprint density at radius 1 is 0.955 bits per heavy atom. The maximum absolute atomic E-state index is 12.0. The minimum Gasteiger partial charge on any atom is -0.493 e. The van der Waals surface area contributed by atoms with Crippen molar-refractivity contribution >= 4 is 10.8 Å². The van der Waals surface area contributed by atoms with Crippen molar-refractivity contribution in [3.63, 3.8) is 0 Å². The first-order valence-electron chi connectivity index (χ1n) is 6.85. The zero-order valence-electron chi connectivity index (χ0n) is 12.6. The number of methoxy groups -OCH3 is 2. The monoisotopic (exact) mass is 296 g/mol. The largest absolute Gasteiger partial charge is 0.493 e. The van der Waals surface area contributed by atoms with E-state index in [4.69, 9.17) is 9.47 Å². The Morgan fingerprint density at radius 3 is 2.45 bits per heavy atom. The van der Waals surface area contributed by atoms with E-state index in [9.17, 15) is 4.79 Å². The molecule has 5 heteroatoms. The van der Waals surface area contributed by atoms with Crippen molar-refractivity contribution in [3.8, 4) is 22.8 Å². The number of hydrogen-bond acceptors (Lipinski definition) is 4. The molecule has 0 aliphatic rings. The number of hydrogen-bond donors (Lipinski definition) is 1. The lowest BCUT2D eigenvalue weighted by Crippen LogP contribution is -2.09. The molecule has 0 spiro atoms. The zero-order chi connectivity index (χ0) is 15.7. The standard InChI is InChI=1S/C17H16N2O3/c1-10-4-6-12-13(8-10)17(20)19-18-16(12)11-5-7-14(21-2)15(9-11)22-3/h4-9H,1-3H3,(H,19,20). The van der Waals surface area contributed by atoms with Crippen molar-refractivity contribution < 1.29 is 9.47 Å². The van der Waals surface area contributed by atoms with Crippen LogP contribution in [0.1, 0.15) is 5.56 Å². The molecule has 0 fully saturated rings. The fourth-order valence-electron chi connectivity index (χ4n) is 2.48. The summed E-state index contributed by atoms with van der Waals surface area (Å²) in [6.07, 6.45) is 0. The number of benzene rings is 2. The van der Waals surface area contributed by atoms with E-state index in [2.05, 4.69) is 10.2 Å². The van der Waals surface area contributed by atoms with Crippen LogP contribution in [0.15, 0.2) is 41.2 Å². The fourth-order valence-corrected chi connectivity index (χ4v) is 2.48. The van der Waals surface area contributed by atoms with Crippen molar-refractivity contribution in [1.29, 1.82) is 0 Å². The Balaban J connectivity index is 2.27. The summed E-state index contributed by atoms with van der Waals surface area (Å²) in [5.41, 5.74) is 2.39. The van der Waals surface area contributed by atoms with Gasteiger partial charge in [-0.15, -0.1) is 0 Å². The summed E-state index contributed by atoms with van der Waals surface area (Å²) in [6, 6.07) is 11.3. The molecule has 3 rings (SSSR count). The summed E-state index contributed by atoms with van der Waals surface area (Å²) >= 11 is 0. The van der Waals surface area contributed by atoms with Gasteiger partial charge in [0.05, 0.1) is 25.3 Å². The summed E-state index contributed by atoms with van der Waals surface area (Å²) in [4.78, 5) is 12.0. The minimum absolute atomic E-state index is 0.192. The summed E-state index contributed by atoms with van der Waals surface area (Å²) in [6.45, 7) is 1.95. The molecule has 0 saturated heterocycles. The van der Waals surface area contributed by atoms with Crippen LogP contribution in [0.3, 0.4) is 0 Å². The molecule has 2 aromatic carbocycles. The molecular weight excluding hydrogens is 280 g/mol. The van der Waals surface area contributed by atoms with Gasteiger partial charge in [-0.25, -0.2) is 5.10 Å². The highest BCUT2D eigenvalue weighted by Crippen LogP contribution is 2.33. The molecule has 5 nitrogen and oxygen atoms in total. The van der Waals surface area contributed by atoms with Gasteiger partial charge >= 0.3 is 0 Å². The fraction of sp³-hybridized carbons (Fsp3) is 0.176. The smallest absolute Gasteiger partial charge is 0.272 e. The van der Waals surface area contributed by atoms with Crippen molar-refractivity contribution in [2.45, 2.75) is 6.92 Å². The SMILES string of the molecule is COc1ccc(-c2n[nH]c(=O)c3cc(C)ccc23)cc1OC. The van der Waals surface area contributed by atoms with E-state index in [0.29, 0.717) is 22.6 Å². The third kappa shape index (κ3) is 2.30. The lowest BCUT2D eigenvalue weighted by Gasteiger charge is -2.10. The van der Waals surface area contributed by atoms with Gasteiger partial charge in [0.1, 0.15) is 0 Å². The van der Waals surface area contributed by atoms with Crippen molar-refractivity contribution in [2.24, 2.45) is 0 Å². The van der Waals surface area contributed by atoms with Gasteiger partial charge in [-0.3, -0.25) is 4.79 Å². The van der Waals surface area contributed by atoms with Crippen LogP contribution >= 0.6 is 0 Å². The third-order valence-electron chi connectivity index (χ3n) is 3.60. The Morgan fingerprint density at radius 2 is 1.73 bits per heavy atom. The van der Waals surface area contributed by atoms with Crippen molar-refractivity contribution in [1.82, 2.24) is 10.2 Å². The Hall–Kier alpha value is -2.82. The van der Waals surface area contributed by atoms with E-state index in [1.807, 2.05) is 43.3 Å². The van der Waals surface area contributed by atoms with Crippen LogP contribution in [-0.2, 0) is 0 Å². The minimum atomic E-state index is -0.192. The Bertz CT molecular complexity index is 900. The second kappa shape index (κ2) is 5.52. The van der Waals surface area contributed by atoms with Gasteiger partial charge in [0, 0.05) is 10.9 Å². The van der Waals surface area contributed by atoms with Gasteiger partial charge in [0.2, 0.25) is 0 Å². The molecule has 0 saturated carbocycles. The van der Waals surface area contributed by atoms with E-state index in [1.165, 1.54) is 0 Å². The summed E-state index contributed by atoms with van der Waals surface area (Å²) < 4.78 is 10.6. The molecule has 0 amide bonds. The average molecular weight is 296 g/mol. The third-order valence-corrected chi connectivity index (χ3v) is 3.60. The van der Waals surface area contributed by atoms with Crippen LogP contribution in [0.5, 0.6) is 11.5 Å². The van der Waals surface area contributed by atoms with Crippen LogP contribution in [0.4, 0.5) is 0 Å². The number of aromatic nitrogens is 2. The molecule has 0 aliphatic heterocycles. The number of aryl methyl sites for hydroxylation is 1. The van der Waals surface area contributed by atoms with Gasteiger partial charge in [-0.1, -0.05) is 17.7 Å². The van der Waals surface area contributed by atoms with Crippen molar-refractivity contribution in [2.75, 3.05) is 14.2 Å². The van der Waals surface area contributed by atoms with Crippen molar-refractivity contribution in [3.05, 3.63) is 52.3 Å². The van der Waals surface area contributed by atoms with E-state index in [1.54, 1.807) is 14.2 Å². The Kier molecular flexibility index (Phi) is 3.55. The molecule has 1 aromatic heterocycles. The number of fused-ring (bicyclic) bond motifs is 1.